The zero-order chi connectivity index (χ0) is 18.4. The molecular formula is C21H33ClN2O3. The maximum Gasteiger partial charge on any atom is 0.224 e. The average molecular weight is 397 g/mol. The minimum atomic E-state index is -0.383. The van der Waals surface area contributed by atoms with Gasteiger partial charge < -0.3 is 20.9 Å². The molecule has 2 atom stereocenters. The Labute approximate surface area is 168 Å². The van der Waals surface area contributed by atoms with Crippen molar-refractivity contribution in [1.29, 1.82) is 0 Å². The first-order chi connectivity index (χ1) is 12.6. The van der Waals surface area contributed by atoms with Gasteiger partial charge in [-0.3, -0.25) is 4.79 Å². The molecule has 2 aliphatic carbocycles. The topological polar surface area (TPSA) is 84.6 Å². The lowest BCUT2D eigenvalue weighted by Crippen LogP contribution is -2.36. The minimum Gasteiger partial charge on any atom is -0.488 e. The molecule has 1 aromatic rings. The lowest BCUT2D eigenvalue weighted by molar-refractivity contribution is -0.118. The van der Waals surface area contributed by atoms with E-state index >= 15 is 0 Å². The predicted octanol–water partition coefficient (Wildman–Crippen LogP) is 4.03. The molecular weight excluding hydrogens is 364 g/mol. The molecule has 0 aliphatic heterocycles. The van der Waals surface area contributed by atoms with Crippen LogP contribution in [-0.4, -0.2) is 29.8 Å². The highest BCUT2D eigenvalue weighted by atomic mass is 35.5. The smallest absolute Gasteiger partial charge is 0.224 e. The summed E-state index contributed by atoms with van der Waals surface area (Å²) >= 11 is 0. The van der Waals surface area contributed by atoms with Crippen LogP contribution in [0.1, 0.15) is 64.2 Å². The number of aliphatic hydroxyl groups excluding tert-OH is 1. The Kier molecular flexibility index (Phi) is 8.39. The fourth-order valence-corrected chi connectivity index (χ4v) is 4.31. The van der Waals surface area contributed by atoms with Gasteiger partial charge in [0, 0.05) is 12.1 Å². The Hall–Kier alpha value is -1.30. The van der Waals surface area contributed by atoms with Crippen molar-refractivity contribution in [2.45, 2.75) is 76.4 Å². The molecule has 5 nitrogen and oxygen atoms in total. The second kappa shape index (κ2) is 10.3. The van der Waals surface area contributed by atoms with Gasteiger partial charge in [-0.25, -0.2) is 0 Å². The number of ether oxygens (including phenoxy) is 1. The second-order valence-corrected chi connectivity index (χ2v) is 8.02. The molecule has 2 unspecified atom stereocenters. The quantitative estimate of drug-likeness (QED) is 0.677. The molecule has 0 heterocycles. The van der Waals surface area contributed by atoms with Crippen molar-refractivity contribution in [2.75, 3.05) is 11.9 Å². The van der Waals surface area contributed by atoms with Gasteiger partial charge in [-0.2, -0.15) is 0 Å². The van der Waals surface area contributed by atoms with Crippen LogP contribution in [-0.2, 0) is 4.79 Å². The van der Waals surface area contributed by atoms with Gasteiger partial charge >= 0.3 is 0 Å². The van der Waals surface area contributed by atoms with Crippen molar-refractivity contribution in [3.05, 3.63) is 24.3 Å². The maximum atomic E-state index is 12.5. The third kappa shape index (κ3) is 6.09. The average Bonchev–Trinajstić information content (AvgIpc) is 2.66. The lowest BCUT2D eigenvalue weighted by Gasteiger charge is -2.35. The SMILES string of the molecule is Cl.NCC1(CC(=O)Nc2ccc(OC3CCCCC3O)cc2)CCCCC1. The summed E-state index contributed by atoms with van der Waals surface area (Å²) in [5, 5.41) is 13.0. The number of amides is 1. The summed E-state index contributed by atoms with van der Waals surface area (Å²) in [6.45, 7) is 0.580. The number of aliphatic hydroxyl groups is 1. The largest absolute Gasteiger partial charge is 0.488 e. The Morgan fingerprint density at radius 3 is 2.41 bits per heavy atom. The fraction of sp³-hybridized carbons (Fsp3) is 0.667. The van der Waals surface area contributed by atoms with Gasteiger partial charge in [0.15, 0.2) is 0 Å². The van der Waals surface area contributed by atoms with Crippen LogP contribution >= 0.6 is 12.4 Å². The van der Waals surface area contributed by atoms with E-state index in [1.54, 1.807) is 0 Å². The Morgan fingerprint density at radius 1 is 1.11 bits per heavy atom. The van der Waals surface area contributed by atoms with Gasteiger partial charge in [-0.15, -0.1) is 12.4 Å². The third-order valence-corrected chi connectivity index (χ3v) is 5.98. The van der Waals surface area contributed by atoms with Crippen LogP contribution in [0.5, 0.6) is 5.75 Å². The van der Waals surface area contributed by atoms with E-state index in [2.05, 4.69) is 5.32 Å². The van der Waals surface area contributed by atoms with Crippen LogP contribution in [0.3, 0.4) is 0 Å². The molecule has 0 aromatic heterocycles. The summed E-state index contributed by atoms with van der Waals surface area (Å²) in [5.74, 6) is 0.772. The van der Waals surface area contributed by atoms with Gasteiger partial charge in [0.2, 0.25) is 5.91 Å². The van der Waals surface area contributed by atoms with Gasteiger partial charge in [0.05, 0.1) is 6.10 Å². The van der Waals surface area contributed by atoms with E-state index in [9.17, 15) is 9.90 Å². The normalized spacial score (nSPS) is 24.5. The van der Waals surface area contributed by atoms with Gasteiger partial charge in [-0.05, 0) is 68.3 Å². The molecule has 27 heavy (non-hydrogen) atoms. The van der Waals surface area contributed by atoms with Gasteiger partial charge in [0.1, 0.15) is 11.9 Å². The summed E-state index contributed by atoms with van der Waals surface area (Å²) in [7, 11) is 0. The van der Waals surface area contributed by atoms with Gasteiger partial charge in [0.25, 0.3) is 0 Å². The molecule has 3 rings (SSSR count). The Bertz CT molecular complexity index is 588. The Balaban J connectivity index is 0.00000261. The van der Waals surface area contributed by atoms with E-state index in [1.165, 1.54) is 19.3 Å². The molecule has 152 valence electrons. The van der Waals surface area contributed by atoms with Crippen molar-refractivity contribution >= 4 is 24.0 Å². The summed E-state index contributed by atoms with van der Waals surface area (Å²) in [6, 6.07) is 7.43. The highest BCUT2D eigenvalue weighted by Crippen LogP contribution is 2.38. The molecule has 1 aromatic carbocycles. The highest BCUT2D eigenvalue weighted by molar-refractivity contribution is 5.91. The van der Waals surface area contributed by atoms with Crippen molar-refractivity contribution < 1.29 is 14.6 Å². The van der Waals surface area contributed by atoms with E-state index in [0.29, 0.717) is 13.0 Å². The molecule has 0 bridgehead atoms. The molecule has 6 heteroatoms. The van der Waals surface area contributed by atoms with Crippen LogP contribution in [0.2, 0.25) is 0 Å². The number of benzene rings is 1. The minimum absolute atomic E-state index is 0. The van der Waals surface area contributed by atoms with Crippen molar-refractivity contribution in [1.82, 2.24) is 0 Å². The van der Waals surface area contributed by atoms with E-state index in [1.807, 2.05) is 24.3 Å². The van der Waals surface area contributed by atoms with E-state index in [0.717, 1.165) is 50.0 Å². The number of rotatable bonds is 6. The molecule has 4 N–H and O–H groups in total. The number of hydrogen-bond donors (Lipinski definition) is 3. The first-order valence-electron chi connectivity index (χ1n) is 10.0. The van der Waals surface area contributed by atoms with Gasteiger partial charge in [-0.1, -0.05) is 25.7 Å². The third-order valence-electron chi connectivity index (χ3n) is 5.98. The van der Waals surface area contributed by atoms with Crippen LogP contribution < -0.4 is 15.8 Å². The monoisotopic (exact) mass is 396 g/mol. The molecule has 2 fully saturated rings. The number of anilines is 1. The van der Waals surface area contributed by atoms with Crippen LogP contribution in [0.4, 0.5) is 5.69 Å². The first-order valence-corrected chi connectivity index (χ1v) is 10.0. The number of carbonyl (C=O) groups excluding carboxylic acids is 1. The van der Waals surface area contributed by atoms with Crippen molar-refractivity contribution in [3.63, 3.8) is 0 Å². The fourth-order valence-electron chi connectivity index (χ4n) is 4.31. The maximum absolute atomic E-state index is 12.5. The summed E-state index contributed by atoms with van der Waals surface area (Å²) < 4.78 is 5.90. The zero-order valence-electron chi connectivity index (χ0n) is 16.0. The van der Waals surface area contributed by atoms with Crippen LogP contribution in [0.25, 0.3) is 0 Å². The molecule has 2 aliphatic rings. The van der Waals surface area contributed by atoms with E-state index in [4.69, 9.17) is 10.5 Å². The highest BCUT2D eigenvalue weighted by Gasteiger charge is 2.33. The molecule has 0 saturated heterocycles. The van der Waals surface area contributed by atoms with Crippen molar-refractivity contribution in [3.8, 4) is 5.75 Å². The number of nitrogens with two attached hydrogens (primary N) is 1. The van der Waals surface area contributed by atoms with Crippen LogP contribution in [0, 0.1) is 5.41 Å². The second-order valence-electron chi connectivity index (χ2n) is 8.02. The lowest BCUT2D eigenvalue weighted by atomic mass is 9.71. The Morgan fingerprint density at radius 2 is 1.78 bits per heavy atom. The van der Waals surface area contributed by atoms with Crippen molar-refractivity contribution in [2.24, 2.45) is 11.1 Å². The summed E-state index contributed by atoms with van der Waals surface area (Å²) in [4.78, 5) is 12.5. The van der Waals surface area contributed by atoms with Crippen LogP contribution in [0.15, 0.2) is 24.3 Å². The van der Waals surface area contributed by atoms with E-state index < -0.39 is 0 Å². The molecule has 1 amide bonds. The first kappa shape index (κ1) is 22.0. The number of carbonyl (C=O) groups is 1. The predicted molar refractivity (Wildman–Crippen MR) is 110 cm³/mol. The molecule has 0 spiro atoms. The summed E-state index contributed by atoms with van der Waals surface area (Å²) in [5.41, 5.74) is 6.73. The zero-order valence-corrected chi connectivity index (χ0v) is 16.8. The molecule has 0 radical (unpaired) electrons. The number of nitrogens with one attached hydrogen (secondary N) is 1. The van der Waals surface area contributed by atoms with E-state index in [-0.39, 0.29) is 35.9 Å². The number of halogens is 1. The standard InChI is InChI=1S/C21H32N2O3.ClH/c22-15-21(12-4-1-5-13-21)14-20(25)23-16-8-10-17(11-9-16)26-19-7-3-2-6-18(19)24;/h8-11,18-19,24H,1-7,12-15,22H2,(H,23,25);1H. The summed E-state index contributed by atoms with van der Waals surface area (Å²) in [6.07, 6.45) is 9.54. The molecule has 2 saturated carbocycles. The number of hydrogen-bond acceptors (Lipinski definition) is 4.